The van der Waals surface area contributed by atoms with E-state index in [1.807, 2.05) is 20.8 Å². The molecule has 0 spiro atoms. The Morgan fingerprint density at radius 3 is 2.49 bits per heavy atom. The van der Waals surface area contributed by atoms with Crippen LogP contribution in [-0.2, 0) is 15.1 Å². The van der Waals surface area contributed by atoms with Crippen LogP contribution in [0, 0.1) is 10.8 Å². The smallest absolute Gasteiger partial charge is 0.407 e. The van der Waals surface area contributed by atoms with Crippen LogP contribution in [0.4, 0.5) is 32.4 Å². The highest BCUT2D eigenvalue weighted by Crippen LogP contribution is 2.44. The first-order chi connectivity index (χ1) is 24.0. The molecule has 18 heteroatoms. The number of alkyl carbamates (subject to hydrolysis) is 1. The first kappa shape index (κ1) is 35.8. The summed E-state index contributed by atoms with van der Waals surface area (Å²) >= 11 is 6.35. The molecular weight excluding hydrogens is 701 g/mol. The minimum Gasteiger partial charge on any atom is -0.447 e. The number of guanidine groups is 1. The number of rotatable bonds is 10. The molecule has 3 aliphatic rings. The summed E-state index contributed by atoms with van der Waals surface area (Å²) in [5, 5.41) is 22.1. The van der Waals surface area contributed by atoms with Crippen LogP contribution in [0.3, 0.4) is 0 Å². The minimum atomic E-state index is -3.67. The van der Waals surface area contributed by atoms with Crippen LogP contribution in [0.15, 0.2) is 65.0 Å². The number of hydrazone groups is 1. The van der Waals surface area contributed by atoms with Crippen LogP contribution in [0.2, 0.25) is 5.02 Å². The molecule has 12 nitrogen and oxygen atoms in total. The summed E-state index contributed by atoms with van der Waals surface area (Å²) in [6.45, 7) is 2.32. The number of alkyl halides is 5. The van der Waals surface area contributed by atoms with Crippen LogP contribution in [0.5, 0.6) is 0 Å². The summed E-state index contributed by atoms with van der Waals surface area (Å²) in [7, 11) is 0. The minimum absolute atomic E-state index is 0.117. The van der Waals surface area contributed by atoms with Gasteiger partial charge in [-0.25, -0.2) is 18.9 Å². The van der Waals surface area contributed by atoms with Crippen LogP contribution < -0.4 is 15.6 Å². The van der Waals surface area contributed by atoms with Gasteiger partial charge in [0.2, 0.25) is 0 Å². The Morgan fingerprint density at radius 1 is 1.18 bits per heavy atom. The number of benzene rings is 2. The van der Waals surface area contributed by atoms with E-state index in [4.69, 9.17) is 21.7 Å². The van der Waals surface area contributed by atoms with Crippen molar-refractivity contribution < 1.29 is 36.3 Å². The third kappa shape index (κ3) is 7.25. The Morgan fingerprint density at radius 2 is 1.88 bits per heavy atom. The van der Waals surface area contributed by atoms with Gasteiger partial charge in [-0.05, 0) is 40.7 Å². The number of carbonyl (C=O) groups is 2. The monoisotopic (exact) mass is 733 g/mol. The lowest BCUT2D eigenvalue weighted by Crippen LogP contribution is -2.47. The fraction of sp³-hybridized carbons (Fsp3) is 0.394. The van der Waals surface area contributed by atoms with Crippen molar-refractivity contribution in [3.8, 4) is 11.1 Å². The summed E-state index contributed by atoms with van der Waals surface area (Å²) < 4.78 is 75.5. The van der Waals surface area contributed by atoms with Gasteiger partial charge < -0.3 is 15.4 Å². The van der Waals surface area contributed by atoms with Crippen molar-refractivity contribution in [1.82, 2.24) is 25.3 Å². The number of amides is 2. The van der Waals surface area contributed by atoms with Crippen molar-refractivity contribution in [2.75, 3.05) is 11.6 Å². The van der Waals surface area contributed by atoms with Gasteiger partial charge in [0.15, 0.2) is 5.96 Å². The van der Waals surface area contributed by atoms with E-state index >= 15 is 0 Å². The van der Waals surface area contributed by atoms with Gasteiger partial charge in [-0.1, -0.05) is 62.7 Å². The summed E-state index contributed by atoms with van der Waals surface area (Å²) in [6, 6.07) is 4.90. The Balaban J connectivity index is 1.39. The molecule has 4 atom stereocenters. The molecule has 3 N–H and O–H groups in total. The lowest BCUT2D eigenvalue weighted by atomic mass is 9.75. The standard InChI is InChI=1S/C33H33ClF5N9O3/c1-31(2,3)15-32(21-7-4-18(5-8-21)20-12-42-46(13-20)28(36)37)27(49)47(29(40)45-32)26(14-51-30(50)44-24-11-23(24)35)19-6-9-22(34)25(10-19)48-33(38,39)16-41-17-43-48/h4-10,12-13,16-17,23-24,26,28H,11,14-15H2,1-3H3,(H2,40,45)(H,44,50)/t23-,24+,26-,32-/m1/s1. The largest absolute Gasteiger partial charge is 0.447 e. The Kier molecular flexibility index (Phi) is 9.29. The molecule has 3 heterocycles. The fourth-order valence-corrected chi connectivity index (χ4v) is 6.31. The zero-order valence-corrected chi connectivity index (χ0v) is 28.2. The van der Waals surface area contributed by atoms with Gasteiger partial charge in [0, 0.05) is 18.2 Å². The topological polar surface area (TPSA) is 140 Å². The van der Waals surface area contributed by atoms with E-state index in [9.17, 15) is 31.5 Å². The summed E-state index contributed by atoms with van der Waals surface area (Å²) in [6.07, 6.45) is 1.86. The van der Waals surface area contributed by atoms with E-state index in [-0.39, 0.29) is 35.1 Å². The molecule has 1 aromatic heterocycles. The predicted octanol–water partition coefficient (Wildman–Crippen LogP) is 6.60. The van der Waals surface area contributed by atoms with E-state index < -0.39 is 60.4 Å². The van der Waals surface area contributed by atoms with Gasteiger partial charge in [-0.3, -0.25) is 15.1 Å². The molecule has 270 valence electrons. The number of halogens is 6. The molecule has 2 amide bonds. The van der Waals surface area contributed by atoms with E-state index in [0.717, 1.165) is 11.2 Å². The van der Waals surface area contributed by atoms with Gasteiger partial charge in [0.25, 0.3) is 5.91 Å². The van der Waals surface area contributed by atoms with Gasteiger partial charge >= 0.3 is 18.7 Å². The normalized spacial score (nSPS) is 23.1. The summed E-state index contributed by atoms with van der Waals surface area (Å²) in [5.41, 5.74) is -0.752. The highest BCUT2D eigenvalue weighted by molar-refractivity contribution is 6.33. The molecule has 2 aliphatic heterocycles. The van der Waals surface area contributed by atoms with Gasteiger partial charge in [-0.15, -0.1) is 0 Å². The molecule has 0 radical (unpaired) electrons. The zero-order valence-electron chi connectivity index (χ0n) is 27.5. The molecular formula is C33H33ClF5N9O3. The van der Waals surface area contributed by atoms with Crippen molar-refractivity contribution in [3.63, 3.8) is 0 Å². The molecule has 2 aromatic carbocycles. The molecule has 1 saturated carbocycles. The number of hydrogen-bond acceptors (Lipinski definition) is 8. The van der Waals surface area contributed by atoms with Gasteiger partial charge in [0.05, 0.1) is 35.2 Å². The predicted molar refractivity (Wildman–Crippen MR) is 179 cm³/mol. The molecule has 3 aromatic rings. The van der Waals surface area contributed by atoms with Crippen LogP contribution in [0.25, 0.3) is 11.1 Å². The van der Waals surface area contributed by atoms with Crippen molar-refractivity contribution >= 4 is 47.8 Å². The third-order valence-corrected chi connectivity index (χ3v) is 8.81. The van der Waals surface area contributed by atoms with Crippen LogP contribution in [0.1, 0.15) is 57.3 Å². The first-order valence-corrected chi connectivity index (χ1v) is 16.1. The average molecular weight is 734 g/mol. The van der Waals surface area contributed by atoms with Crippen molar-refractivity contribution in [2.24, 2.45) is 15.5 Å². The van der Waals surface area contributed by atoms with E-state index in [1.54, 1.807) is 24.3 Å². The lowest BCUT2D eigenvalue weighted by Gasteiger charge is -2.35. The van der Waals surface area contributed by atoms with Gasteiger partial charge in [-0.2, -0.15) is 32.8 Å². The molecule has 0 unspecified atom stereocenters. The maximum absolute atomic E-state index is 14.9. The fourth-order valence-electron chi connectivity index (χ4n) is 6.11. The van der Waals surface area contributed by atoms with E-state index in [1.165, 1.54) is 30.6 Å². The zero-order chi connectivity index (χ0) is 36.9. The van der Waals surface area contributed by atoms with Crippen LogP contribution >= 0.6 is 11.6 Å². The molecule has 51 heavy (non-hydrogen) atoms. The maximum atomic E-state index is 14.9. The number of nitrogens with one attached hydrogen (secondary N) is 3. The third-order valence-electron chi connectivity index (χ3n) is 8.49. The molecule has 1 saturated heterocycles. The molecule has 1 aliphatic carbocycles. The number of hydrogen-bond donors (Lipinski definition) is 3. The maximum Gasteiger partial charge on any atom is 0.407 e. The van der Waals surface area contributed by atoms with Crippen molar-refractivity contribution in [3.05, 3.63) is 71.0 Å². The summed E-state index contributed by atoms with van der Waals surface area (Å²) in [5.74, 6) is -0.998. The second-order valence-electron chi connectivity index (χ2n) is 13.6. The lowest BCUT2D eigenvalue weighted by molar-refractivity contribution is -0.134. The average Bonchev–Trinajstić information content (AvgIpc) is 3.42. The SMILES string of the molecule is CC(C)(C)C[C@]1(c2ccc(-c3cnn(C(F)F)c3)cc2)NC(=N)N([C@H](COC(=O)N[C@H]2C[C@H]2F)c2ccc(Cl)c(N3N=CN=CC3(F)F)c2)C1=O. The van der Waals surface area contributed by atoms with Crippen LogP contribution in [-0.4, -0.2) is 70.1 Å². The Labute approximate surface area is 293 Å². The number of aromatic nitrogens is 2. The Hall–Kier alpha value is -5.06. The van der Waals surface area contributed by atoms with Crippen molar-refractivity contribution in [1.29, 1.82) is 5.41 Å². The van der Waals surface area contributed by atoms with Crippen molar-refractivity contribution in [2.45, 2.75) is 70.0 Å². The molecule has 0 bridgehead atoms. The number of carbonyl (C=O) groups excluding carboxylic acids is 2. The number of nitrogens with zero attached hydrogens (tertiary/aromatic N) is 6. The Bertz CT molecular complexity index is 1900. The molecule has 6 rings (SSSR count). The summed E-state index contributed by atoms with van der Waals surface area (Å²) in [4.78, 5) is 31.9. The number of anilines is 1. The second-order valence-corrected chi connectivity index (χ2v) is 14.0. The number of aliphatic imine (C=N–C) groups is 1. The highest BCUT2D eigenvalue weighted by atomic mass is 35.5. The highest BCUT2D eigenvalue weighted by Gasteiger charge is 2.55. The quantitative estimate of drug-likeness (QED) is 0.159. The molecule has 2 fully saturated rings. The van der Waals surface area contributed by atoms with E-state index in [0.29, 0.717) is 32.6 Å². The van der Waals surface area contributed by atoms with E-state index in [2.05, 4.69) is 25.8 Å². The van der Waals surface area contributed by atoms with Gasteiger partial charge in [0.1, 0.15) is 24.7 Å². The number of ether oxygens (including phenoxy) is 1. The second kappa shape index (κ2) is 13.2. The first-order valence-electron chi connectivity index (χ1n) is 15.7.